The maximum atomic E-state index is 7.67. The van der Waals surface area contributed by atoms with Crippen molar-refractivity contribution in [2.24, 2.45) is 0 Å². The highest BCUT2D eigenvalue weighted by Crippen LogP contribution is 2.06. The molecule has 1 aromatic heterocycles. The van der Waals surface area contributed by atoms with E-state index in [9.17, 15) is 0 Å². The van der Waals surface area contributed by atoms with E-state index in [0.717, 1.165) is 43.9 Å². The number of ether oxygens (including phenoxy) is 2. The van der Waals surface area contributed by atoms with Gasteiger partial charge in [-0.15, -0.1) is 0 Å². The molecule has 20 heavy (non-hydrogen) atoms. The summed E-state index contributed by atoms with van der Waals surface area (Å²) < 4.78 is 11.5. The molecule has 110 valence electrons. The summed E-state index contributed by atoms with van der Waals surface area (Å²) in [5.41, 5.74) is 0. The van der Waals surface area contributed by atoms with Crippen LogP contribution in [0.15, 0.2) is 16.9 Å². The van der Waals surface area contributed by atoms with Crippen molar-refractivity contribution in [3.05, 3.63) is 22.7 Å². The van der Waals surface area contributed by atoms with Crippen LogP contribution in [0.2, 0.25) is 0 Å². The molecular weight excluding hydrogens is 324 g/mol. The Bertz CT molecular complexity index is 455. The second kappa shape index (κ2) is 8.18. The minimum Gasteiger partial charge on any atom is -0.478 e. The van der Waals surface area contributed by atoms with Crippen molar-refractivity contribution in [1.82, 2.24) is 14.9 Å². The van der Waals surface area contributed by atoms with Crippen molar-refractivity contribution in [3.63, 3.8) is 0 Å². The van der Waals surface area contributed by atoms with Gasteiger partial charge in [-0.05, 0) is 28.4 Å². The summed E-state index contributed by atoms with van der Waals surface area (Å²) in [6, 6.07) is 0. The van der Waals surface area contributed by atoms with E-state index in [-0.39, 0.29) is 5.90 Å². The number of rotatable bonds is 6. The molecule has 0 atom stereocenters. The number of hydrogen-bond acceptors (Lipinski definition) is 5. The first kappa shape index (κ1) is 15.2. The first-order valence-electron chi connectivity index (χ1n) is 6.64. The predicted octanol–water partition coefficient (Wildman–Crippen LogP) is 1.90. The van der Waals surface area contributed by atoms with Gasteiger partial charge in [0.15, 0.2) is 0 Å². The van der Waals surface area contributed by atoms with Gasteiger partial charge < -0.3 is 14.5 Å². The molecule has 0 aromatic carbocycles. The summed E-state index contributed by atoms with van der Waals surface area (Å²) >= 11 is 3.28. The van der Waals surface area contributed by atoms with Gasteiger partial charge >= 0.3 is 0 Å². The average Bonchev–Trinajstić information content (AvgIpc) is 2.88. The first-order valence-corrected chi connectivity index (χ1v) is 7.43. The maximum absolute atomic E-state index is 7.67. The quantitative estimate of drug-likeness (QED) is 0.470. The number of aromatic nitrogens is 2. The van der Waals surface area contributed by atoms with E-state index in [1.54, 1.807) is 18.3 Å². The summed E-state index contributed by atoms with van der Waals surface area (Å²) in [6.07, 6.45) is 5.91. The Labute approximate surface area is 126 Å². The first-order chi connectivity index (χ1) is 9.74. The highest BCUT2D eigenvalue weighted by atomic mass is 79.9. The number of morpholine rings is 1. The zero-order chi connectivity index (χ0) is 14.2. The van der Waals surface area contributed by atoms with Gasteiger partial charge in [0.25, 0.3) is 0 Å². The topological polar surface area (TPSA) is 74.2 Å². The van der Waals surface area contributed by atoms with E-state index in [1.165, 1.54) is 0 Å². The van der Waals surface area contributed by atoms with Crippen molar-refractivity contribution in [3.8, 4) is 0 Å². The Morgan fingerprint density at radius 1 is 1.55 bits per heavy atom. The number of H-pyrrole nitrogens is 1. The standard InChI is InChI=1S/C13H19BrN4O2/c14-11-10-16-13(17-11)3-2-12(15)20-7-1-4-18-5-8-19-9-6-18/h2-3,10,15H,1,4-9H2,(H,16,17)/b3-2-,15-12?. The molecule has 6 nitrogen and oxygen atoms in total. The number of imidazole rings is 1. The molecule has 0 bridgehead atoms. The molecule has 2 rings (SSSR count). The lowest BCUT2D eigenvalue weighted by molar-refractivity contribution is 0.0356. The van der Waals surface area contributed by atoms with Crippen LogP contribution >= 0.6 is 15.9 Å². The van der Waals surface area contributed by atoms with Crippen LogP contribution < -0.4 is 0 Å². The van der Waals surface area contributed by atoms with Gasteiger partial charge in [0.1, 0.15) is 10.4 Å². The van der Waals surface area contributed by atoms with Gasteiger partial charge in [-0.1, -0.05) is 0 Å². The molecule has 0 amide bonds. The molecule has 0 radical (unpaired) electrons. The molecule has 7 heteroatoms. The molecule has 0 saturated carbocycles. The van der Waals surface area contributed by atoms with Crippen molar-refractivity contribution < 1.29 is 9.47 Å². The predicted molar refractivity (Wildman–Crippen MR) is 80.9 cm³/mol. The third-order valence-corrected chi connectivity index (χ3v) is 3.34. The van der Waals surface area contributed by atoms with E-state index in [2.05, 4.69) is 30.8 Å². The van der Waals surface area contributed by atoms with Gasteiger partial charge in [-0.2, -0.15) is 0 Å². The van der Waals surface area contributed by atoms with Crippen LogP contribution in [-0.4, -0.2) is 60.2 Å². The van der Waals surface area contributed by atoms with Gasteiger partial charge in [-0.25, -0.2) is 4.98 Å². The second-order valence-corrected chi connectivity index (χ2v) is 5.32. The summed E-state index contributed by atoms with van der Waals surface area (Å²) in [7, 11) is 0. The number of nitrogens with one attached hydrogen (secondary N) is 2. The Kier molecular flexibility index (Phi) is 6.23. The molecular formula is C13H19BrN4O2. The minimum atomic E-state index is 0.152. The normalized spacial score (nSPS) is 16.6. The molecule has 1 aromatic rings. The van der Waals surface area contributed by atoms with E-state index >= 15 is 0 Å². The molecule has 0 aliphatic carbocycles. The van der Waals surface area contributed by atoms with Crippen LogP contribution in [0.1, 0.15) is 12.2 Å². The monoisotopic (exact) mass is 342 g/mol. The van der Waals surface area contributed by atoms with Crippen molar-refractivity contribution in [1.29, 1.82) is 5.41 Å². The Morgan fingerprint density at radius 2 is 2.35 bits per heavy atom. The van der Waals surface area contributed by atoms with Crippen LogP contribution in [0.3, 0.4) is 0 Å². The van der Waals surface area contributed by atoms with E-state index in [4.69, 9.17) is 14.9 Å². The Morgan fingerprint density at radius 3 is 3.05 bits per heavy atom. The SMILES string of the molecule is N=C(/C=C\c1ncc(Br)[nH]1)OCCCN1CCOCC1. The van der Waals surface area contributed by atoms with Gasteiger partial charge in [0, 0.05) is 25.7 Å². The Balaban J connectivity index is 1.59. The van der Waals surface area contributed by atoms with Gasteiger partial charge in [0.2, 0.25) is 5.90 Å². The number of hydrogen-bond donors (Lipinski definition) is 2. The van der Waals surface area contributed by atoms with Crippen LogP contribution in [0, 0.1) is 5.41 Å². The molecule has 1 aliphatic rings. The third-order valence-electron chi connectivity index (χ3n) is 2.94. The second-order valence-electron chi connectivity index (χ2n) is 4.47. The number of halogens is 1. The summed E-state index contributed by atoms with van der Waals surface area (Å²) in [5, 5.41) is 7.67. The Hall–Kier alpha value is -1.18. The summed E-state index contributed by atoms with van der Waals surface area (Å²) in [6.45, 7) is 5.17. The largest absolute Gasteiger partial charge is 0.478 e. The minimum absolute atomic E-state index is 0.152. The zero-order valence-electron chi connectivity index (χ0n) is 11.3. The lowest BCUT2D eigenvalue weighted by atomic mass is 10.3. The van der Waals surface area contributed by atoms with Crippen LogP contribution in [0.25, 0.3) is 6.08 Å². The molecule has 0 unspecified atom stereocenters. The highest BCUT2D eigenvalue weighted by Gasteiger charge is 2.09. The molecule has 1 saturated heterocycles. The zero-order valence-corrected chi connectivity index (χ0v) is 12.9. The fraction of sp³-hybridized carbons (Fsp3) is 0.538. The smallest absolute Gasteiger partial charge is 0.205 e. The molecule has 1 aliphatic heterocycles. The molecule has 2 N–H and O–H groups in total. The van der Waals surface area contributed by atoms with Crippen LogP contribution in [0.5, 0.6) is 0 Å². The van der Waals surface area contributed by atoms with E-state index in [0.29, 0.717) is 12.4 Å². The summed E-state index contributed by atoms with van der Waals surface area (Å²) in [4.78, 5) is 9.43. The van der Waals surface area contributed by atoms with Crippen molar-refractivity contribution in [2.75, 3.05) is 39.5 Å². The number of nitrogens with zero attached hydrogens (tertiary/aromatic N) is 2. The maximum Gasteiger partial charge on any atom is 0.205 e. The number of aromatic amines is 1. The molecule has 2 heterocycles. The molecule has 1 fully saturated rings. The van der Waals surface area contributed by atoms with E-state index in [1.807, 2.05) is 0 Å². The lowest BCUT2D eigenvalue weighted by Crippen LogP contribution is -2.37. The van der Waals surface area contributed by atoms with Crippen molar-refractivity contribution >= 4 is 27.9 Å². The summed E-state index contributed by atoms with van der Waals surface area (Å²) in [5.74, 6) is 0.845. The molecule has 0 spiro atoms. The van der Waals surface area contributed by atoms with Crippen LogP contribution in [-0.2, 0) is 9.47 Å². The fourth-order valence-corrected chi connectivity index (χ4v) is 2.20. The fourth-order valence-electron chi connectivity index (χ4n) is 1.90. The van der Waals surface area contributed by atoms with E-state index < -0.39 is 0 Å². The average molecular weight is 343 g/mol. The third kappa shape index (κ3) is 5.44. The van der Waals surface area contributed by atoms with Crippen molar-refractivity contribution in [2.45, 2.75) is 6.42 Å². The highest BCUT2D eigenvalue weighted by molar-refractivity contribution is 9.10. The van der Waals surface area contributed by atoms with Crippen LogP contribution in [0.4, 0.5) is 0 Å². The van der Waals surface area contributed by atoms with Gasteiger partial charge in [-0.3, -0.25) is 10.3 Å². The van der Waals surface area contributed by atoms with Gasteiger partial charge in [0.05, 0.1) is 26.0 Å². The lowest BCUT2D eigenvalue weighted by Gasteiger charge is -2.26.